The van der Waals surface area contributed by atoms with Gasteiger partial charge in [0.15, 0.2) is 0 Å². The number of carbonyl (C=O) groups excluding carboxylic acids is 1. The number of carbonyl (C=O) groups is 1. The van der Waals surface area contributed by atoms with Gasteiger partial charge in [0.25, 0.3) is 5.91 Å². The van der Waals surface area contributed by atoms with Crippen LogP contribution in [0.5, 0.6) is 0 Å². The summed E-state index contributed by atoms with van der Waals surface area (Å²) in [4.78, 5) is 15.6. The Morgan fingerprint density at radius 2 is 1.95 bits per heavy atom. The minimum Gasteiger partial charge on any atom is -0.372 e. The predicted molar refractivity (Wildman–Crippen MR) is 85.9 cm³/mol. The summed E-state index contributed by atoms with van der Waals surface area (Å²) in [6.07, 6.45) is 0. The number of aromatic nitrogens is 1. The fourth-order valence-corrected chi connectivity index (χ4v) is 2.82. The third kappa shape index (κ3) is 2.27. The van der Waals surface area contributed by atoms with Crippen molar-refractivity contribution in [1.29, 1.82) is 0 Å². The molecule has 2 heterocycles. The van der Waals surface area contributed by atoms with Crippen molar-refractivity contribution >= 4 is 22.5 Å². The SMILES string of the molecule is Cc1ccc2[nH]c(C(=O)Nc3ccc4c(c3)COC4)cc2c1. The first kappa shape index (κ1) is 13.1. The van der Waals surface area contributed by atoms with Crippen molar-refractivity contribution in [3.63, 3.8) is 0 Å². The molecule has 110 valence electrons. The summed E-state index contributed by atoms with van der Waals surface area (Å²) in [5.41, 5.74) is 5.85. The molecule has 0 saturated carbocycles. The molecule has 1 aliphatic heterocycles. The number of fused-ring (bicyclic) bond motifs is 2. The topological polar surface area (TPSA) is 54.1 Å². The van der Waals surface area contributed by atoms with E-state index in [1.807, 2.05) is 43.3 Å². The predicted octanol–water partition coefficient (Wildman–Crippen LogP) is 3.76. The Kier molecular flexibility index (Phi) is 2.98. The summed E-state index contributed by atoms with van der Waals surface area (Å²) in [6, 6.07) is 13.9. The molecule has 0 atom stereocenters. The lowest BCUT2D eigenvalue weighted by Crippen LogP contribution is -2.12. The standard InChI is InChI=1S/C18H16N2O2/c1-11-2-5-16-13(6-11)8-17(20-16)18(21)19-15-4-3-12-9-22-10-14(12)7-15/h2-8,20H,9-10H2,1H3,(H,19,21). The number of nitrogens with one attached hydrogen (secondary N) is 2. The third-order valence-corrected chi connectivity index (χ3v) is 4.00. The van der Waals surface area contributed by atoms with Gasteiger partial charge in [-0.3, -0.25) is 4.79 Å². The molecule has 4 heteroatoms. The highest BCUT2D eigenvalue weighted by atomic mass is 16.5. The fourth-order valence-electron chi connectivity index (χ4n) is 2.82. The van der Waals surface area contributed by atoms with Gasteiger partial charge in [0.2, 0.25) is 0 Å². The monoisotopic (exact) mass is 292 g/mol. The molecule has 2 N–H and O–H groups in total. The highest BCUT2D eigenvalue weighted by Gasteiger charge is 2.14. The number of ether oxygens (including phenoxy) is 1. The number of hydrogen-bond acceptors (Lipinski definition) is 2. The van der Waals surface area contributed by atoms with Crippen molar-refractivity contribution in [3.8, 4) is 0 Å². The van der Waals surface area contributed by atoms with Gasteiger partial charge in [-0.05, 0) is 48.4 Å². The molecule has 0 fully saturated rings. The first-order valence-corrected chi connectivity index (χ1v) is 7.29. The Labute approximate surface area is 128 Å². The maximum atomic E-state index is 12.4. The van der Waals surface area contributed by atoms with Crippen LogP contribution in [0.2, 0.25) is 0 Å². The Morgan fingerprint density at radius 3 is 2.86 bits per heavy atom. The van der Waals surface area contributed by atoms with Crippen molar-refractivity contribution in [2.75, 3.05) is 5.32 Å². The van der Waals surface area contributed by atoms with Crippen LogP contribution in [-0.4, -0.2) is 10.9 Å². The van der Waals surface area contributed by atoms with Gasteiger partial charge in [-0.15, -0.1) is 0 Å². The van der Waals surface area contributed by atoms with Crippen molar-refractivity contribution in [1.82, 2.24) is 4.98 Å². The van der Waals surface area contributed by atoms with Crippen molar-refractivity contribution in [2.45, 2.75) is 20.1 Å². The Hall–Kier alpha value is -2.59. The first-order valence-electron chi connectivity index (χ1n) is 7.29. The number of aromatic amines is 1. The molecule has 2 aromatic carbocycles. The Bertz CT molecular complexity index is 880. The van der Waals surface area contributed by atoms with Crippen LogP contribution in [0.15, 0.2) is 42.5 Å². The zero-order chi connectivity index (χ0) is 15.1. The molecule has 0 aliphatic carbocycles. The van der Waals surface area contributed by atoms with E-state index in [-0.39, 0.29) is 5.91 Å². The van der Waals surface area contributed by atoms with Crippen molar-refractivity contribution in [2.24, 2.45) is 0 Å². The smallest absolute Gasteiger partial charge is 0.272 e. The van der Waals surface area contributed by atoms with E-state index in [2.05, 4.69) is 16.4 Å². The van der Waals surface area contributed by atoms with Crippen molar-refractivity contribution < 1.29 is 9.53 Å². The van der Waals surface area contributed by atoms with E-state index in [4.69, 9.17) is 4.74 Å². The van der Waals surface area contributed by atoms with E-state index < -0.39 is 0 Å². The molecule has 0 saturated heterocycles. The molecule has 1 aromatic heterocycles. The summed E-state index contributed by atoms with van der Waals surface area (Å²) >= 11 is 0. The van der Waals surface area contributed by atoms with Crippen LogP contribution in [0.3, 0.4) is 0 Å². The lowest BCUT2D eigenvalue weighted by molar-refractivity contribution is 0.102. The Balaban J connectivity index is 1.60. The normalized spacial score (nSPS) is 13.3. The maximum absolute atomic E-state index is 12.4. The molecular weight excluding hydrogens is 276 g/mol. The second-order valence-electron chi connectivity index (χ2n) is 5.70. The lowest BCUT2D eigenvalue weighted by Gasteiger charge is -2.05. The Morgan fingerprint density at radius 1 is 1.09 bits per heavy atom. The highest BCUT2D eigenvalue weighted by molar-refractivity contribution is 6.06. The number of amides is 1. The van der Waals surface area contributed by atoms with E-state index in [9.17, 15) is 4.79 Å². The zero-order valence-electron chi connectivity index (χ0n) is 12.3. The molecule has 3 aromatic rings. The van der Waals surface area contributed by atoms with Gasteiger partial charge < -0.3 is 15.0 Å². The molecule has 22 heavy (non-hydrogen) atoms. The van der Waals surface area contributed by atoms with Gasteiger partial charge in [0, 0.05) is 16.6 Å². The van der Waals surface area contributed by atoms with E-state index >= 15 is 0 Å². The van der Waals surface area contributed by atoms with E-state index in [1.165, 1.54) is 11.1 Å². The van der Waals surface area contributed by atoms with Gasteiger partial charge in [-0.1, -0.05) is 17.7 Å². The van der Waals surface area contributed by atoms with Crippen LogP contribution >= 0.6 is 0 Å². The van der Waals surface area contributed by atoms with Crippen LogP contribution in [0.25, 0.3) is 10.9 Å². The molecule has 0 unspecified atom stereocenters. The number of hydrogen-bond donors (Lipinski definition) is 2. The largest absolute Gasteiger partial charge is 0.372 e. The highest BCUT2D eigenvalue weighted by Crippen LogP contribution is 2.24. The van der Waals surface area contributed by atoms with E-state index in [1.54, 1.807) is 0 Å². The second kappa shape index (κ2) is 5.00. The number of anilines is 1. The number of aryl methyl sites for hydroxylation is 1. The van der Waals surface area contributed by atoms with Crippen LogP contribution in [-0.2, 0) is 18.0 Å². The van der Waals surface area contributed by atoms with Crippen molar-refractivity contribution in [3.05, 3.63) is 64.8 Å². The van der Waals surface area contributed by atoms with E-state index in [0.29, 0.717) is 18.9 Å². The molecule has 0 bridgehead atoms. The second-order valence-corrected chi connectivity index (χ2v) is 5.70. The average molecular weight is 292 g/mol. The number of rotatable bonds is 2. The minimum absolute atomic E-state index is 0.132. The van der Waals surface area contributed by atoms with Gasteiger partial charge >= 0.3 is 0 Å². The fraction of sp³-hybridized carbons (Fsp3) is 0.167. The molecule has 4 rings (SSSR count). The summed E-state index contributed by atoms with van der Waals surface area (Å²) in [5.74, 6) is -0.132. The molecule has 0 spiro atoms. The zero-order valence-corrected chi connectivity index (χ0v) is 12.3. The first-order chi connectivity index (χ1) is 10.7. The van der Waals surface area contributed by atoms with Gasteiger partial charge in [0.05, 0.1) is 13.2 Å². The quantitative estimate of drug-likeness (QED) is 0.755. The van der Waals surface area contributed by atoms with Crippen LogP contribution in [0.1, 0.15) is 27.2 Å². The van der Waals surface area contributed by atoms with Gasteiger partial charge in [0.1, 0.15) is 5.69 Å². The van der Waals surface area contributed by atoms with Crippen LogP contribution in [0, 0.1) is 6.92 Å². The average Bonchev–Trinajstić information content (AvgIpc) is 3.12. The van der Waals surface area contributed by atoms with Gasteiger partial charge in [-0.25, -0.2) is 0 Å². The van der Waals surface area contributed by atoms with Crippen LogP contribution < -0.4 is 5.32 Å². The number of benzene rings is 2. The molecule has 1 amide bonds. The molecule has 4 nitrogen and oxygen atoms in total. The molecule has 1 aliphatic rings. The summed E-state index contributed by atoms with van der Waals surface area (Å²) in [6.45, 7) is 3.31. The minimum atomic E-state index is -0.132. The van der Waals surface area contributed by atoms with Crippen LogP contribution in [0.4, 0.5) is 5.69 Å². The van der Waals surface area contributed by atoms with Gasteiger partial charge in [-0.2, -0.15) is 0 Å². The number of H-pyrrole nitrogens is 1. The summed E-state index contributed by atoms with van der Waals surface area (Å²) < 4.78 is 5.39. The third-order valence-electron chi connectivity index (χ3n) is 4.00. The lowest BCUT2D eigenvalue weighted by atomic mass is 10.1. The molecular formula is C18H16N2O2. The summed E-state index contributed by atoms with van der Waals surface area (Å²) in [7, 11) is 0. The molecule has 0 radical (unpaired) electrons. The van der Waals surface area contributed by atoms with E-state index in [0.717, 1.165) is 22.2 Å². The maximum Gasteiger partial charge on any atom is 0.272 e. The summed E-state index contributed by atoms with van der Waals surface area (Å²) in [5, 5.41) is 3.99.